The topological polar surface area (TPSA) is 73.2 Å². The van der Waals surface area contributed by atoms with Crippen LogP contribution in [0, 0.1) is 0 Å². The molecule has 0 radical (unpaired) electrons. The third kappa shape index (κ3) is 4.53. The highest BCUT2D eigenvalue weighted by atomic mass is 16.5. The van der Waals surface area contributed by atoms with Crippen molar-refractivity contribution in [2.45, 2.75) is 32.7 Å². The summed E-state index contributed by atoms with van der Waals surface area (Å²) >= 11 is 0. The second-order valence-electron chi connectivity index (χ2n) is 6.47. The fraction of sp³-hybridized carbons (Fsp3) is 0.286. The van der Waals surface area contributed by atoms with Gasteiger partial charge in [-0.3, -0.25) is 9.59 Å². The van der Waals surface area contributed by atoms with E-state index in [1.807, 2.05) is 48.5 Å². The number of fused-ring (bicyclic) bond motifs is 1. The number of carbonyl (C=O) groups is 2. The SMILES string of the molecule is CC[C@@H](C)c1ccccc1NC(=O)COC(=O)Cn1cnc2ccccc21. The van der Waals surface area contributed by atoms with Crippen LogP contribution in [0.5, 0.6) is 0 Å². The van der Waals surface area contributed by atoms with Gasteiger partial charge < -0.3 is 14.6 Å². The van der Waals surface area contributed by atoms with Gasteiger partial charge in [-0.05, 0) is 36.1 Å². The maximum Gasteiger partial charge on any atom is 0.326 e. The summed E-state index contributed by atoms with van der Waals surface area (Å²) in [6.07, 6.45) is 2.56. The van der Waals surface area contributed by atoms with Gasteiger partial charge in [0, 0.05) is 5.69 Å². The monoisotopic (exact) mass is 365 g/mol. The predicted octanol–water partition coefficient (Wildman–Crippen LogP) is 3.73. The van der Waals surface area contributed by atoms with Crippen LogP contribution in [0.15, 0.2) is 54.9 Å². The molecular weight excluding hydrogens is 342 g/mol. The van der Waals surface area contributed by atoms with Crippen molar-refractivity contribution in [2.24, 2.45) is 0 Å². The Hall–Kier alpha value is -3.15. The molecule has 2 aromatic carbocycles. The molecule has 3 rings (SSSR count). The zero-order valence-electron chi connectivity index (χ0n) is 15.5. The van der Waals surface area contributed by atoms with Gasteiger partial charge in [0.15, 0.2) is 6.61 Å². The third-order valence-corrected chi connectivity index (χ3v) is 4.57. The summed E-state index contributed by atoms with van der Waals surface area (Å²) in [5, 5.41) is 2.83. The van der Waals surface area contributed by atoms with Crippen molar-refractivity contribution in [1.82, 2.24) is 9.55 Å². The van der Waals surface area contributed by atoms with E-state index in [-0.39, 0.29) is 19.1 Å². The van der Waals surface area contributed by atoms with Gasteiger partial charge >= 0.3 is 5.97 Å². The highest BCUT2D eigenvalue weighted by molar-refractivity contribution is 5.93. The van der Waals surface area contributed by atoms with Crippen LogP contribution in [0.2, 0.25) is 0 Å². The van der Waals surface area contributed by atoms with Gasteiger partial charge in [0.25, 0.3) is 5.91 Å². The lowest BCUT2D eigenvalue weighted by Gasteiger charge is -2.15. The second kappa shape index (κ2) is 8.49. The number of para-hydroxylation sites is 3. The average Bonchev–Trinajstić information content (AvgIpc) is 3.09. The molecule has 3 aromatic rings. The number of anilines is 1. The number of nitrogens with one attached hydrogen (secondary N) is 1. The van der Waals surface area contributed by atoms with Crippen LogP contribution in [0.25, 0.3) is 11.0 Å². The number of nitrogens with zero attached hydrogens (tertiary/aromatic N) is 2. The van der Waals surface area contributed by atoms with Gasteiger partial charge in [-0.2, -0.15) is 0 Å². The molecule has 1 aromatic heterocycles. The van der Waals surface area contributed by atoms with E-state index in [0.717, 1.165) is 28.7 Å². The fourth-order valence-electron chi connectivity index (χ4n) is 2.91. The maximum absolute atomic E-state index is 12.2. The first-order valence-electron chi connectivity index (χ1n) is 9.02. The molecule has 0 aliphatic rings. The van der Waals surface area contributed by atoms with E-state index in [0.29, 0.717) is 5.92 Å². The Morgan fingerprint density at radius 3 is 2.70 bits per heavy atom. The molecule has 0 aliphatic heterocycles. The largest absolute Gasteiger partial charge is 0.454 e. The van der Waals surface area contributed by atoms with Crippen LogP contribution < -0.4 is 5.32 Å². The number of rotatable bonds is 7. The van der Waals surface area contributed by atoms with Crippen molar-refractivity contribution < 1.29 is 14.3 Å². The Morgan fingerprint density at radius 1 is 1.15 bits per heavy atom. The minimum absolute atomic E-state index is 0.0112. The molecule has 0 saturated carbocycles. The maximum atomic E-state index is 12.2. The Balaban J connectivity index is 1.56. The van der Waals surface area contributed by atoms with E-state index in [1.54, 1.807) is 10.9 Å². The molecule has 1 amide bonds. The van der Waals surface area contributed by atoms with Gasteiger partial charge in [0.1, 0.15) is 6.54 Å². The molecule has 0 spiro atoms. The number of benzene rings is 2. The van der Waals surface area contributed by atoms with Crippen LogP contribution in [0.3, 0.4) is 0 Å². The Kier molecular flexibility index (Phi) is 5.86. The quantitative estimate of drug-likeness (QED) is 0.648. The Labute approximate surface area is 158 Å². The van der Waals surface area contributed by atoms with Gasteiger partial charge in [-0.1, -0.05) is 44.2 Å². The molecule has 6 nitrogen and oxygen atoms in total. The number of amides is 1. The summed E-state index contributed by atoms with van der Waals surface area (Å²) < 4.78 is 6.83. The van der Waals surface area contributed by atoms with E-state index in [2.05, 4.69) is 24.1 Å². The summed E-state index contributed by atoms with van der Waals surface area (Å²) in [7, 11) is 0. The first kappa shape index (κ1) is 18.6. The van der Waals surface area contributed by atoms with Crippen molar-refractivity contribution in [3.05, 3.63) is 60.4 Å². The fourth-order valence-corrected chi connectivity index (χ4v) is 2.91. The average molecular weight is 365 g/mol. The molecule has 27 heavy (non-hydrogen) atoms. The zero-order chi connectivity index (χ0) is 19.2. The van der Waals surface area contributed by atoms with Gasteiger partial charge in [-0.25, -0.2) is 4.98 Å². The van der Waals surface area contributed by atoms with Crippen molar-refractivity contribution >= 4 is 28.6 Å². The number of carbonyl (C=O) groups excluding carboxylic acids is 2. The number of hydrogen-bond donors (Lipinski definition) is 1. The van der Waals surface area contributed by atoms with Crippen molar-refractivity contribution in [3.8, 4) is 0 Å². The van der Waals surface area contributed by atoms with Crippen LogP contribution in [0.1, 0.15) is 31.7 Å². The summed E-state index contributed by atoms with van der Waals surface area (Å²) in [4.78, 5) is 28.5. The normalized spacial score (nSPS) is 11.9. The molecule has 0 bridgehead atoms. The molecule has 0 aliphatic carbocycles. The van der Waals surface area contributed by atoms with Gasteiger partial charge in [0.05, 0.1) is 17.4 Å². The Morgan fingerprint density at radius 2 is 1.89 bits per heavy atom. The van der Waals surface area contributed by atoms with E-state index in [1.165, 1.54) is 0 Å². The minimum atomic E-state index is -0.483. The standard InChI is InChI=1S/C21H23N3O3/c1-3-15(2)16-8-4-5-9-17(16)23-20(25)13-27-21(26)12-24-14-22-18-10-6-7-11-19(18)24/h4-11,14-15H,3,12-13H2,1-2H3,(H,23,25)/t15-/m1/s1. The van der Waals surface area contributed by atoms with Crippen LogP contribution in [0.4, 0.5) is 5.69 Å². The first-order chi connectivity index (χ1) is 13.1. The number of imidazole rings is 1. The van der Waals surface area contributed by atoms with E-state index >= 15 is 0 Å². The lowest BCUT2D eigenvalue weighted by atomic mass is 9.97. The highest BCUT2D eigenvalue weighted by Gasteiger charge is 2.13. The van der Waals surface area contributed by atoms with E-state index < -0.39 is 5.97 Å². The molecular formula is C21H23N3O3. The molecule has 0 unspecified atom stereocenters. The number of ether oxygens (including phenoxy) is 1. The molecule has 0 fully saturated rings. The minimum Gasteiger partial charge on any atom is -0.454 e. The van der Waals surface area contributed by atoms with Gasteiger partial charge in [0.2, 0.25) is 0 Å². The first-order valence-corrected chi connectivity index (χ1v) is 9.02. The number of hydrogen-bond acceptors (Lipinski definition) is 4. The van der Waals surface area contributed by atoms with Crippen molar-refractivity contribution in [3.63, 3.8) is 0 Å². The smallest absolute Gasteiger partial charge is 0.326 e. The van der Waals surface area contributed by atoms with Crippen LogP contribution >= 0.6 is 0 Å². The molecule has 1 heterocycles. The Bertz CT molecular complexity index is 949. The van der Waals surface area contributed by atoms with Crippen LogP contribution in [-0.4, -0.2) is 28.0 Å². The van der Waals surface area contributed by atoms with E-state index in [9.17, 15) is 9.59 Å². The molecule has 1 atom stereocenters. The van der Waals surface area contributed by atoms with E-state index in [4.69, 9.17) is 4.74 Å². The van der Waals surface area contributed by atoms with Gasteiger partial charge in [-0.15, -0.1) is 0 Å². The molecule has 6 heteroatoms. The summed E-state index contributed by atoms with van der Waals surface area (Å²) in [6, 6.07) is 15.2. The zero-order valence-corrected chi connectivity index (χ0v) is 15.5. The van der Waals surface area contributed by atoms with Crippen LogP contribution in [-0.2, 0) is 20.9 Å². The molecule has 0 saturated heterocycles. The third-order valence-electron chi connectivity index (χ3n) is 4.57. The summed E-state index contributed by atoms with van der Waals surface area (Å²) in [6.45, 7) is 3.91. The lowest BCUT2D eigenvalue weighted by Crippen LogP contribution is -2.23. The summed E-state index contributed by atoms with van der Waals surface area (Å²) in [5.74, 6) is -0.503. The predicted molar refractivity (Wildman–Crippen MR) is 104 cm³/mol. The number of aromatic nitrogens is 2. The van der Waals surface area contributed by atoms with Crippen molar-refractivity contribution in [2.75, 3.05) is 11.9 Å². The highest BCUT2D eigenvalue weighted by Crippen LogP contribution is 2.26. The lowest BCUT2D eigenvalue weighted by molar-refractivity contribution is -0.147. The van der Waals surface area contributed by atoms with Crippen molar-refractivity contribution in [1.29, 1.82) is 0 Å². The number of esters is 1. The molecule has 140 valence electrons. The molecule has 1 N–H and O–H groups in total. The second-order valence-corrected chi connectivity index (χ2v) is 6.47. The summed E-state index contributed by atoms with van der Waals surface area (Å²) in [5.41, 5.74) is 3.49.